The summed E-state index contributed by atoms with van der Waals surface area (Å²) in [6.45, 7) is 9.01. The fourth-order valence-corrected chi connectivity index (χ4v) is 4.82. The Kier molecular flexibility index (Phi) is 7.14. The number of imidazole rings is 1. The number of hydrogen-bond donors (Lipinski definition) is 1. The van der Waals surface area contributed by atoms with Crippen molar-refractivity contribution in [2.45, 2.75) is 25.9 Å². The molecule has 0 saturated carbocycles. The molecule has 0 radical (unpaired) electrons. The van der Waals surface area contributed by atoms with Gasteiger partial charge in [0, 0.05) is 56.1 Å². The van der Waals surface area contributed by atoms with Crippen molar-refractivity contribution in [3.8, 4) is 28.4 Å². The number of hydrogen-bond acceptors (Lipinski definition) is 9. The van der Waals surface area contributed by atoms with Gasteiger partial charge in [-0.25, -0.2) is 15.0 Å². The lowest BCUT2D eigenvalue weighted by molar-refractivity contribution is -0.0250. The second-order valence-electron chi connectivity index (χ2n) is 10.5. The fraction of sp³-hybridized carbons (Fsp3) is 0.345. The van der Waals surface area contributed by atoms with E-state index in [9.17, 15) is 0 Å². The van der Waals surface area contributed by atoms with Gasteiger partial charge in [0.2, 0.25) is 0 Å². The van der Waals surface area contributed by atoms with E-state index in [-0.39, 0.29) is 5.54 Å². The molecule has 4 aromatic heterocycles. The maximum absolute atomic E-state index is 6.19. The monoisotopic (exact) mass is 539 g/mol. The lowest BCUT2D eigenvalue weighted by Gasteiger charge is -2.40. The van der Waals surface area contributed by atoms with E-state index in [2.05, 4.69) is 61.3 Å². The van der Waals surface area contributed by atoms with Gasteiger partial charge in [-0.2, -0.15) is 15.0 Å². The number of anilines is 1. The molecule has 0 unspecified atom stereocenters. The fourth-order valence-electron chi connectivity index (χ4n) is 4.82. The largest absolute Gasteiger partial charge is 0.491 e. The molecule has 1 aliphatic heterocycles. The van der Waals surface area contributed by atoms with Crippen molar-refractivity contribution < 1.29 is 9.47 Å². The van der Waals surface area contributed by atoms with E-state index >= 15 is 0 Å². The van der Waals surface area contributed by atoms with Gasteiger partial charge in [0.1, 0.15) is 35.8 Å². The average Bonchev–Trinajstić information content (AvgIpc) is 3.62. The van der Waals surface area contributed by atoms with Crippen LogP contribution in [0.3, 0.4) is 0 Å². The first-order chi connectivity index (χ1) is 19.4. The van der Waals surface area contributed by atoms with Crippen LogP contribution in [0.2, 0.25) is 0 Å². The minimum Gasteiger partial charge on any atom is -0.491 e. The Morgan fingerprint density at radius 2 is 1.80 bits per heavy atom. The molecule has 0 atom stereocenters. The van der Waals surface area contributed by atoms with Crippen LogP contribution in [0.4, 0.5) is 5.82 Å². The van der Waals surface area contributed by atoms with Gasteiger partial charge in [-0.05, 0) is 25.5 Å². The van der Waals surface area contributed by atoms with E-state index in [4.69, 9.17) is 9.47 Å². The molecule has 0 aliphatic carbocycles. The number of nitrogens with one attached hydrogen (secondary N) is 1. The van der Waals surface area contributed by atoms with Gasteiger partial charge in [0.15, 0.2) is 0 Å². The van der Waals surface area contributed by atoms with Crippen molar-refractivity contribution in [2.24, 2.45) is 7.05 Å². The summed E-state index contributed by atoms with van der Waals surface area (Å²) < 4.78 is 13.7. The third-order valence-corrected chi connectivity index (χ3v) is 7.20. The summed E-state index contributed by atoms with van der Waals surface area (Å²) in [5.41, 5.74) is 5.40. The van der Waals surface area contributed by atoms with Crippen LogP contribution in [-0.4, -0.2) is 77.7 Å². The highest BCUT2D eigenvalue weighted by Crippen LogP contribution is 2.25. The zero-order chi connectivity index (χ0) is 27.5. The first-order valence-electron chi connectivity index (χ1n) is 13.4. The van der Waals surface area contributed by atoms with E-state index in [1.807, 2.05) is 54.2 Å². The standard InChI is InChI=1S/C29H33N9O2/c1-29(2,37-10-12-39-13-11-37)19-40-23-8-9-38-26(18-31-28(38)14-23)24-15-27(33-20-32-24)30-16-21-4-6-22(7-5-21)25-17-34-36(3)35-25/h4-9,14-15,17-18,20H,10-13,16,19H2,1-3H3,(H,30,32,33). The van der Waals surface area contributed by atoms with Crippen LogP contribution >= 0.6 is 0 Å². The SMILES string of the molecule is Cn1ncc(-c2ccc(CNc3cc(-c4cnc5cc(OCC(C)(C)N6CCOCC6)ccn45)ncn3)cc2)n1. The minimum atomic E-state index is -0.0839. The molecular formula is C29H33N9O2. The predicted molar refractivity (Wildman–Crippen MR) is 152 cm³/mol. The van der Waals surface area contributed by atoms with E-state index in [1.54, 1.807) is 17.3 Å². The number of aromatic nitrogens is 7. The number of fused-ring (bicyclic) bond motifs is 1. The molecule has 1 N–H and O–H groups in total. The highest BCUT2D eigenvalue weighted by atomic mass is 16.5. The number of aryl methyl sites for hydroxylation is 1. The molecular weight excluding hydrogens is 506 g/mol. The number of nitrogens with zero attached hydrogens (tertiary/aromatic N) is 8. The van der Waals surface area contributed by atoms with Gasteiger partial charge in [0.25, 0.3) is 0 Å². The Morgan fingerprint density at radius 1 is 0.975 bits per heavy atom. The number of pyridine rings is 1. The first-order valence-corrected chi connectivity index (χ1v) is 13.4. The zero-order valence-electron chi connectivity index (χ0n) is 23.0. The Hall–Kier alpha value is -4.35. The topological polar surface area (TPSA) is 108 Å². The molecule has 40 heavy (non-hydrogen) atoms. The van der Waals surface area contributed by atoms with Crippen molar-refractivity contribution in [3.63, 3.8) is 0 Å². The van der Waals surface area contributed by atoms with E-state index < -0.39 is 0 Å². The minimum absolute atomic E-state index is 0.0839. The number of benzene rings is 1. The molecule has 5 heterocycles. The van der Waals surface area contributed by atoms with E-state index in [0.29, 0.717) is 13.2 Å². The second kappa shape index (κ2) is 11.0. The van der Waals surface area contributed by atoms with Crippen molar-refractivity contribution >= 4 is 11.5 Å². The summed E-state index contributed by atoms with van der Waals surface area (Å²) in [6, 6.07) is 14.1. The van der Waals surface area contributed by atoms with Gasteiger partial charge in [-0.1, -0.05) is 24.3 Å². The molecule has 5 aromatic rings. The van der Waals surface area contributed by atoms with Crippen LogP contribution < -0.4 is 10.1 Å². The maximum Gasteiger partial charge on any atom is 0.140 e. The summed E-state index contributed by atoms with van der Waals surface area (Å²) in [7, 11) is 1.81. The molecule has 0 amide bonds. The van der Waals surface area contributed by atoms with Gasteiger partial charge in [0.05, 0.1) is 37.0 Å². The molecule has 206 valence electrons. The van der Waals surface area contributed by atoms with Crippen molar-refractivity contribution in [2.75, 3.05) is 38.2 Å². The van der Waals surface area contributed by atoms with Crippen LogP contribution in [0, 0.1) is 0 Å². The average molecular weight is 540 g/mol. The Morgan fingerprint density at radius 3 is 2.58 bits per heavy atom. The van der Waals surface area contributed by atoms with Gasteiger partial charge >= 0.3 is 0 Å². The van der Waals surface area contributed by atoms with Crippen LogP contribution in [0.25, 0.3) is 28.3 Å². The van der Waals surface area contributed by atoms with Crippen molar-refractivity contribution in [1.29, 1.82) is 0 Å². The number of rotatable bonds is 9. The summed E-state index contributed by atoms with van der Waals surface area (Å²) in [4.78, 5) is 17.5. The van der Waals surface area contributed by atoms with Gasteiger partial charge in [-0.15, -0.1) is 0 Å². The third-order valence-electron chi connectivity index (χ3n) is 7.20. The summed E-state index contributed by atoms with van der Waals surface area (Å²) >= 11 is 0. The number of morpholine rings is 1. The molecule has 11 heteroatoms. The van der Waals surface area contributed by atoms with E-state index in [1.165, 1.54) is 0 Å². The molecule has 11 nitrogen and oxygen atoms in total. The number of ether oxygens (including phenoxy) is 2. The summed E-state index contributed by atoms with van der Waals surface area (Å²) in [5, 5.41) is 11.9. The first kappa shape index (κ1) is 25.9. The van der Waals surface area contributed by atoms with Crippen molar-refractivity contribution in [3.05, 3.63) is 72.9 Å². The molecule has 0 bridgehead atoms. The lowest BCUT2D eigenvalue weighted by atomic mass is 10.0. The molecule has 0 spiro atoms. The highest BCUT2D eigenvalue weighted by molar-refractivity contribution is 5.63. The Labute approximate surface area is 232 Å². The molecule has 1 fully saturated rings. The van der Waals surface area contributed by atoms with E-state index in [0.717, 1.165) is 71.7 Å². The summed E-state index contributed by atoms with van der Waals surface area (Å²) in [5.74, 6) is 1.53. The molecule has 1 aliphatic rings. The molecule has 6 rings (SSSR count). The quantitative estimate of drug-likeness (QED) is 0.300. The second-order valence-corrected chi connectivity index (χ2v) is 10.5. The van der Waals surface area contributed by atoms with Gasteiger partial charge in [-0.3, -0.25) is 9.30 Å². The van der Waals surface area contributed by atoms with Crippen LogP contribution in [-0.2, 0) is 18.3 Å². The van der Waals surface area contributed by atoms with Crippen LogP contribution in [0.1, 0.15) is 19.4 Å². The van der Waals surface area contributed by atoms with Gasteiger partial charge < -0.3 is 14.8 Å². The maximum atomic E-state index is 6.19. The normalized spacial score (nSPS) is 14.5. The smallest absolute Gasteiger partial charge is 0.140 e. The van der Waals surface area contributed by atoms with Crippen LogP contribution in [0.5, 0.6) is 5.75 Å². The zero-order valence-corrected chi connectivity index (χ0v) is 23.0. The Bertz CT molecular complexity index is 1590. The van der Waals surface area contributed by atoms with Crippen LogP contribution in [0.15, 0.2) is 67.4 Å². The predicted octanol–water partition coefficient (Wildman–Crippen LogP) is 3.69. The third kappa shape index (κ3) is 5.65. The Balaban J connectivity index is 1.11. The lowest BCUT2D eigenvalue weighted by Crippen LogP contribution is -2.53. The highest BCUT2D eigenvalue weighted by Gasteiger charge is 2.29. The summed E-state index contributed by atoms with van der Waals surface area (Å²) in [6.07, 6.45) is 7.13. The molecule has 1 aromatic carbocycles. The molecule has 1 saturated heterocycles. The van der Waals surface area contributed by atoms with Crippen molar-refractivity contribution in [1.82, 2.24) is 39.2 Å².